The Bertz CT molecular complexity index is 357. The summed E-state index contributed by atoms with van der Waals surface area (Å²) in [4.78, 5) is 22.4. The van der Waals surface area contributed by atoms with Crippen LogP contribution in [-0.2, 0) is 9.59 Å². The molecule has 0 aliphatic heterocycles. The summed E-state index contributed by atoms with van der Waals surface area (Å²) >= 11 is 0. The van der Waals surface area contributed by atoms with E-state index in [0.29, 0.717) is 12.2 Å². The molecule has 0 aromatic heterocycles. The van der Waals surface area contributed by atoms with E-state index in [9.17, 15) is 9.59 Å². The molecule has 4 heteroatoms. The molecule has 0 aliphatic carbocycles. The van der Waals surface area contributed by atoms with Crippen molar-refractivity contribution in [3.63, 3.8) is 0 Å². The zero-order valence-corrected chi connectivity index (χ0v) is 8.83. The van der Waals surface area contributed by atoms with E-state index in [1.54, 1.807) is 19.1 Å². The fraction of sp³-hybridized carbons (Fsp3) is 0.273. The lowest BCUT2D eigenvalue weighted by Gasteiger charge is -2.04. The van der Waals surface area contributed by atoms with Gasteiger partial charge in [0.05, 0.1) is 0 Å². The number of likely N-dealkylation sites (N-methyl/N-ethyl adjacent to an activating group) is 1. The van der Waals surface area contributed by atoms with Gasteiger partial charge in [0.2, 0.25) is 0 Å². The van der Waals surface area contributed by atoms with Crippen LogP contribution in [0.4, 0.5) is 5.69 Å². The van der Waals surface area contributed by atoms with E-state index < -0.39 is 11.8 Å². The fourth-order valence-electron chi connectivity index (χ4n) is 1.07. The maximum Gasteiger partial charge on any atom is 0.313 e. The highest BCUT2D eigenvalue weighted by Crippen LogP contribution is 2.07. The average Bonchev–Trinajstić information content (AvgIpc) is 2.22. The zero-order chi connectivity index (χ0) is 11.3. The van der Waals surface area contributed by atoms with Crippen LogP contribution in [0.25, 0.3) is 0 Å². The van der Waals surface area contributed by atoms with Crippen LogP contribution >= 0.6 is 0 Å². The van der Waals surface area contributed by atoms with Crippen LogP contribution in [0.5, 0.6) is 0 Å². The maximum atomic E-state index is 11.3. The van der Waals surface area contributed by atoms with Crippen molar-refractivity contribution in [1.29, 1.82) is 0 Å². The van der Waals surface area contributed by atoms with Gasteiger partial charge in [0.1, 0.15) is 0 Å². The highest BCUT2D eigenvalue weighted by molar-refractivity contribution is 6.39. The van der Waals surface area contributed by atoms with Gasteiger partial charge in [0, 0.05) is 12.2 Å². The van der Waals surface area contributed by atoms with Crippen molar-refractivity contribution in [2.75, 3.05) is 11.9 Å². The number of nitrogens with one attached hydrogen (secondary N) is 2. The van der Waals surface area contributed by atoms with Crippen molar-refractivity contribution in [3.05, 3.63) is 29.8 Å². The number of carbonyl (C=O) groups is 2. The summed E-state index contributed by atoms with van der Waals surface area (Å²) in [5.41, 5.74) is 1.72. The second kappa shape index (κ2) is 5.14. The van der Waals surface area contributed by atoms with Crippen LogP contribution in [0.1, 0.15) is 12.5 Å². The number of anilines is 1. The van der Waals surface area contributed by atoms with Crippen LogP contribution in [0.2, 0.25) is 0 Å². The molecule has 0 aliphatic rings. The number of hydrogen-bond donors (Lipinski definition) is 2. The molecule has 15 heavy (non-hydrogen) atoms. The second-order valence-corrected chi connectivity index (χ2v) is 3.18. The molecule has 80 valence electrons. The number of amides is 2. The SMILES string of the molecule is CCNC(=O)C(=O)Nc1ccc(C)cc1. The Hall–Kier alpha value is -1.84. The summed E-state index contributed by atoms with van der Waals surface area (Å²) in [6, 6.07) is 7.25. The van der Waals surface area contributed by atoms with Crippen LogP contribution in [0.15, 0.2) is 24.3 Å². The van der Waals surface area contributed by atoms with Gasteiger partial charge < -0.3 is 10.6 Å². The molecule has 0 fully saturated rings. The first-order valence-corrected chi connectivity index (χ1v) is 4.79. The Labute approximate surface area is 88.7 Å². The minimum Gasteiger partial charge on any atom is -0.348 e. The number of aryl methyl sites for hydroxylation is 1. The Morgan fingerprint density at radius 2 is 1.73 bits per heavy atom. The standard InChI is InChI=1S/C11H14N2O2/c1-3-12-10(14)11(15)13-9-6-4-8(2)5-7-9/h4-7H,3H2,1-2H3,(H,12,14)(H,13,15). The Kier molecular flexibility index (Phi) is 3.85. The number of benzene rings is 1. The smallest absolute Gasteiger partial charge is 0.313 e. The van der Waals surface area contributed by atoms with E-state index in [-0.39, 0.29) is 0 Å². The first-order chi connectivity index (χ1) is 7.13. The summed E-state index contributed by atoms with van der Waals surface area (Å²) < 4.78 is 0. The molecule has 0 radical (unpaired) electrons. The summed E-state index contributed by atoms with van der Waals surface area (Å²) in [6.45, 7) is 4.16. The van der Waals surface area contributed by atoms with Gasteiger partial charge in [-0.2, -0.15) is 0 Å². The minimum absolute atomic E-state index is 0.445. The molecule has 0 bridgehead atoms. The van der Waals surface area contributed by atoms with Crippen molar-refractivity contribution >= 4 is 17.5 Å². The van der Waals surface area contributed by atoms with Crippen LogP contribution in [-0.4, -0.2) is 18.4 Å². The first kappa shape index (κ1) is 11.2. The molecule has 0 saturated carbocycles. The van der Waals surface area contributed by atoms with Crippen molar-refractivity contribution in [2.24, 2.45) is 0 Å². The third-order valence-corrected chi connectivity index (χ3v) is 1.85. The van der Waals surface area contributed by atoms with E-state index in [1.165, 1.54) is 0 Å². The van der Waals surface area contributed by atoms with Crippen molar-refractivity contribution in [2.45, 2.75) is 13.8 Å². The zero-order valence-electron chi connectivity index (χ0n) is 8.83. The lowest BCUT2D eigenvalue weighted by Crippen LogP contribution is -2.35. The third-order valence-electron chi connectivity index (χ3n) is 1.85. The molecule has 1 aromatic rings. The van der Waals surface area contributed by atoms with E-state index in [4.69, 9.17) is 0 Å². The van der Waals surface area contributed by atoms with Crippen LogP contribution in [0, 0.1) is 6.92 Å². The van der Waals surface area contributed by atoms with Gasteiger partial charge in [-0.25, -0.2) is 0 Å². The number of rotatable bonds is 2. The Morgan fingerprint density at radius 1 is 1.13 bits per heavy atom. The Morgan fingerprint density at radius 3 is 2.27 bits per heavy atom. The molecule has 4 nitrogen and oxygen atoms in total. The van der Waals surface area contributed by atoms with Gasteiger partial charge in [0.15, 0.2) is 0 Å². The van der Waals surface area contributed by atoms with Crippen molar-refractivity contribution < 1.29 is 9.59 Å². The van der Waals surface area contributed by atoms with E-state index >= 15 is 0 Å². The molecular formula is C11H14N2O2. The Balaban J connectivity index is 2.58. The molecule has 2 N–H and O–H groups in total. The molecule has 1 aromatic carbocycles. The summed E-state index contributed by atoms with van der Waals surface area (Å²) in [7, 11) is 0. The molecular weight excluding hydrogens is 192 g/mol. The highest BCUT2D eigenvalue weighted by Gasteiger charge is 2.11. The summed E-state index contributed by atoms with van der Waals surface area (Å²) in [6.07, 6.45) is 0. The maximum absolute atomic E-state index is 11.3. The predicted octanol–water partition coefficient (Wildman–Crippen LogP) is 1.07. The van der Waals surface area contributed by atoms with Crippen molar-refractivity contribution in [3.8, 4) is 0 Å². The van der Waals surface area contributed by atoms with Crippen molar-refractivity contribution in [1.82, 2.24) is 5.32 Å². The van der Waals surface area contributed by atoms with Gasteiger partial charge >= 0.3 is 11.8 Å². The van der Waals surface area contributed by atoms with Gasteiger partial charge in [-0.3, -0.25) is 9.59 Å². The monoisotopic (exact) mass is 206 g/mol. The van der Waals surface area contributed by atoms with Gasteiger partial charge in [-0.05, 0) is 26.0 Å². The van der Waals surface area contributed by atoms with E-state index in [1.807, 2.05) is 19.1 Å². The highest BCUT2D eigenvalue weighted by atomic mass is 16.2. The predicted molar refractivity (Wildman–Crippen MR) is 58.5 cm³/mol. The van der Waals surface area contributed by atoms with E-state index in [2.05, 4.69) is 10.6 Å². The lowest BCUT2D eigenvalue weighted by molar-refractivity contribution is -0.136. The quantitative estimate of drug-likeness (QED) is 0.711. The normalized spacial score (nSPS) is 9.47. The van der Waals surface area contributed by atoms with Gasteiger partial charge in [-0.15, -0.1) is 0 Å². The molecule has 2 amide bonds. The fourth-order valence-corrected chi connectivity index (χ4v) is 1.07. The molecule has 0 atom stereocenters. The van der Waals surface area contributed by atoms with Gasteiger partial charge in [-0.1, -0.05) is 17.7 Å². The first-order valence-electron chi connectivity index (χ1n) is 4.79. The second-order valence-electron chi connectivity index (χ2n) is 3.18. The molecule has 1 rings (SSSR count). The average molecular weight is 206 g/mol. The van der Waals surface area contributed by atoms with E-state index in [0.717, 1.165) is 5.56 Å². The molecule has 0 unspecified atom stereocenters. The molecule has 0 saturated heterocycles. The van der Waals surface area contributed by atoms with Gasteiger partial charge in [0.25, 0.3) is 0 Å². The third kappa shape index (κ3) is 3.42. The number of carbonyl (C=O) groups excluding carboxylic acids is 2. The molecule has 0 heterocycles. The van der Waals surface area contributed by atoms with Crippen LogP contribution in [0.3, 0.4) is 0 Å². The summed E-state index contributed by atoms with van der Waals surface area (Å²) in [5, 5.41) is 4.93. The molecule has 0 spiro atoms. The van der Waals surface area contributed by atoms with Crippen LogP contribution < -0.4 is 10.6 Å². The summed E-state index contributed by atoms with van der Waals surface area (Å²) in [5.74, 6) is -1.25. The largest absolute Gasteiger partial charge is 0.348 e. The number of hydrogen-bond acceptors (Lipinski definition) is 2. The topological polar surface area (TPSA) is 58.2 Å². The minimum atomic E-state index is -0.638. The lowest BCUT2D eigenvalue weighted by atomic mass is 10.2.